The van der Waals surface area contributed by atoms with Crippen molar-refractivity contribution in [1.82, 2.24) is 14.4 Å². The number of carboxylic acid groups (broad SMARTS) is 1. The zero-order valence-electron chi connectivity index (χ0n) is 25.7. The summed E-state index contributed by atoms with van der Waals surface area (Å²) < 4.78 is 16.6. The van der Waals surface area contributed by atoms with Crippen LogP contribution in [0.4, 0.5) is 10.1 Å². The maximum Gasteiger partial charge on any atom is 0.335 e. The molecule has 0 saturated carbocycles. The number of anilines is 1. The molecule has 41 heavy (non-hydrogen) atoms. The van der Waals surface area contributed by atoms with Crippen LogP contribution in [-0.4, -0.2) is 64.7 Å². The number of allylic oxidation sites excluding steroid dienone is 2. The molecule has 222 valence electrons. The quantitative estimate of drug-likeness (QED) is 0.409. The molecule has 2 aliphatic rings. The van der Waals surface area contributed by atoms with Gasteiger partial charge in [0.25, 0.3) is 5.56 Å². The van der Waals surface area contributed by atoms with E-state index < -0.39 is 11.8 Å². The van der Waals surface area contributed by atoms with Crippen molar-refractivity contribution in [3.63, 3.8) is 0 Å². The number of benzene rings is 1. The molecule has 0 spiro atoms. The van der Waals surface area contributed by atoms with E-state index in [4.69, 9.17) is 0 Å². The molecule has 8 heteroatoms. The lowest BCUT2D eigenvalue weighted by molar-refractivity contribution is 0.0696. The summed E-state index contributed by atoms with van der Waals surface area (Å²) in [6, 6.07) is 6.48. The number of carboxylic acids is 1. The number of carbonyl (C=O) groups is 1. The van der Waals surface area contributed by atoms with E-state index in [1.807, 2.05) is 45.4 Å². The minimum Gasteiger partial charge on any atom is -0.478 e. The highest BCUT2D eigenvalue weighted by atomic mass is 19.1. The predicted octanol–water partition coefficient (Wildman–Crippen LogP) is 6.34. The first-order valence-corrected chi connectivity index (χ1v) is 14.5. The summed E-state index contributed by atoms with van der Waals surface area (Å²) in [6.07, 6.45) is 9.64. The molecule has 2 atom stereocenters. The van der Waals surface area contributed by atoms with Crippen LogP contribution in [0.25, 0.3) is 5.70 Å². The highest BCUT2D eigenvalue weighted by Gasteiger charge is 2.28. The SMILES string of the molecule is CC.CNc1ccn(C2=C(/C=C(\C)C(C)N3CCC(c4c(C)cc(C(=O)O)cc4F)CC3)C(C)N(C)C=C2)c(=O)c1. The maximum absolute atomic E-state index is 14.9. The molecule has 2 aliphatic heterocycles. The van der Waals surface area contributed by atoms with Crippen LogP contribution < -0.4 is 10.9 Å². The van der Waals surface area contributed by atoms with Crippen molar-refractivity contribution in [3.8, 4) is 0 Å². The van der Waals surface area contributed by atoms with Crippen LogP contribution in [0, 0.1) is 12.7 Å². The Kier molecular flexibility index (Phi) is 10.7. The molecule has 1 fully saturated rings. The third-order valence-electron chi connectivity index (χ3n) is 8.40. The second-order valence-corrected chi connectivity index (χ2v) is 10.7. The van der Waals surface area contributed by atoms with Gasteiger partial charge >= 0.3 is 5.97 Å². The van der Waals surface area contributed by atoms with Gasteiger partial charge in [-0.3, -0.25) is 14.3 Å². The third-order valence-corrected chi connectivity index (χ3v) is 8.40. The van der Waals surface area contributed by atoms with E-state index in [-0.39, 0.29) is 29.1 Å². The molecule has 3 heterocycles. The summed E-state index contributed by atoms with van der Waals surface area (Å²) >= 11 is 0. The molecule has 0 radical (unpaired) electrons. The fourth-order valence-corrected chi connectivity index (χ4v) is 5.72. The largest absolute Gasteiger partial charge is 0.478 e. The summed E-state index contributed by atoms with van der Waals surface area (Å²) in [5.41, 5.74) is 5.18. The smallest absolute Gasteiger partial charge is 0.335 e. The fourth-order valence-electron chi connectivity index (χ4n) is 5.72. The van der Waals surface area contributed by atoms with Crippen LogP contribution in [0.1, 0.15) is 74.9 Å². The Morgan fingerprint density at radius 2 is 1.85 bits per heavy atom. The number of likely N-dealkylation sites (tertiary alicyclic amines) is 1. The van der Waals surface area contributed by atoms with Crippen LogP contribution in [0.5, 0.6) is 0 Å². The van der Waals surface area contributed by atoms with Crippen LogP contribution in [0.2, 0.25) is 0 Å². The minimum atomic E-state index is -1.11. The average Bonchev–Trinajstić information content (AvgIpc) is 2.96. The summed E-state index contributed by atoms with van der Waals surface area (Å²) in [5, 5.41) is 12.3. The summed E-state index contributed by atoms with van der Waals surface area (Å²) in [4.78, 5) is 28.8. The lowest BCUT2D eigenvalue weighted by Crippen LogP contribution is -2.40. The van der Waals surface area contributed by atoms with Gasteiger partial charge in [0, 0.05) is 44.3 Å². The zero-order chi connectivity index (χ0) is 30.4. The van der Waals surface area contributed by atoms with Gasteiger partial charge in [-0.1, -0.05) is 25.5 Å². The van der Waals surface area contributed by atoms with E-state index in [0.717, 1.165) is 49.0 Å². The van der Waals surface area contributed by atoms with Crippen LogP contribution in [-0.2, 0) is 0 Å². The van der Waals surface area contributed by atoms with Crippen molar-refractivity contribution in [2.45, 2.75) is 72.4 Å². The number of piperidine rings is 1. The van der Waals surface area contributed by atoms with Gasteiger partial charge in [-0.15, -0.1) is 0 Å². The summed E-state index contributed by atoms with van der Waals surface area (Å²) in [7, 11) is 3.83. The number of halogens is 1. The molecular weight excluding hydrogens is 519 g/mol. The molecule has 1 aromatic heterocycles. The number of likely N-dealkylation sites (N-methyl/N-ethyl adjacent to an activating group) is 1. The molecule has 1 aromatic carbocycles. The number of aromatic carboxylic acids is 1. The fraction of sp³-hybridized carbons (Fsp3) is 0.455. The Morgan fingerprint density at radius 3 is 2.41 bits per heavy atom. The molecule has 4 rings (SSSR count). The molecule has 1 saturated heterocycles. The molecule has 0 amide bonds. The highest BCUT2D eigenvalue weighted by molar-refractivity contribution is 5.88. The van der Waals surface area contributed by atoms with Gasteiger partial charge in [0.1, 0.15) is 5.82 Å². The van der Waals surface area contributed by atoms with E-state index in [1.54, 1.807) is 30.7 Å². The van der Waals surface area contributed by atoms with Gasteiger partial charge in [-0.2, -0.15) is 0 Å². The number of nitrogens with one attached hydrogen (secondary N) is 1. The summed E-state index contributed by atoms with van der Waals surface area (Å²) in [6.45, 7) is 13.9. The molecule has 2 aromatic rings. The second-order valence-electron chi connectivity index (χ2n) is 10.7. The zero-order valence-corrected chi connectivity index (χ0v) is 25.7. The maximum atomic E-state index is 14.9. The van der Waals surface area contributed by atoms with Crippen molar-refractivity contribution in [2.24, 2.45) is 0 Å². The topological polar surface area (TPSA) is 77.8 Å². The van der Waals surface area contributed by atoms with Crippen LogP contribution in [0.3, 0.4) is 0 Å². The van der Waals surface area contributed by atoms with E-state index in [9.17, 15) is 19.1 Å². The number of aryl methyl sites for hydroxylation is 1. The number of hydrogen-bond acceptors (Lipinski definition) is 5. The normalized spacial score (nSPS) is 19.1. The molecular formula is C33H45FN4O3. The molecule has 2 N–H and O–H groups in total. The first kappa shape index (κ1) is 31.9. The monoisotopic (exact) mass is 564 g/mol. The van der Waals surface area contributed by atoms with E-state index in [0.29, 0.717) is 11.1 Å². The van der Waals surface area contributed by atoms with Crippen molar-refractivity contribution in [1.29, 1.82) is 0 Å². The number of rotatable bonds is 7. The van der Waals surface area contributed by atoms with Crippen molar-refractivity contribution < 1.29 is 14.3 Å². The van der Waals surface area contributed by atoms with Crippen LogP contribution in [0.15, 0.2) is 64.8 Å². The first-order chi connectivity index (χ1) is 19.5. The van der Waals surface area contributed by atoms with Gasteiger partial charge in [-0.25, -0.2) is 9.18 Å². The Bertz CT molecular complexity index is 1380. The molecule has 0 bridgehead atoms. The summed E-state index contributed by atoms with van der Waals surface area (Å²) in [5.74, 6) is -1.46. The average molecular weight is 565 g/mol. The van der Waals surface area contributed by atoms with E-state index in [2.05, 4.69) is 42.0 Å². The van der Waals surface area contributed by atoms with Gasteiger partial charge < -0.3 is 15.3 Å². The standard InChI is InChI=1S/C31H39FN4O3.C2H6/c1-19(16-26-22(4)34(6)11-10-28(26)36-14-9-25(33-5)18-29(36)37)21(3)35-12-7-23(8-13-35)30-20(2)15-24(31(38)39)17-27(30)32;1-2/h9-11,14-18,21-23,33H,7-8,12-13H2,1-6H3,(H,38,39);1-2H3/b19-16+;. The lowest BCUT2D eigenvalue weighted by Gasteiger charge is -2.38. The lowest BCUT2D eigenvalue weighted by atomic mass is 9.85. The minimum absolute atomic E-state index is 0.00749. The van der Waals surface area contributed by atoms with Gasteiger partial charge in [0.15, 0.2) is 0 Å². The number of hydrogen-bond donors (Lipinski definition) is 2. The number of aromatic nitrogens is 1. The number of pyridine rings is 1. The highest BCUT2D eigenvalue weighted by Crippen LogP contribution is 2.34. The Hall–Kier alpha value is -3.65. The first-order valence-electron chi connectivity index (χ1n) is 14.5. The Labute approximate surface area is 243 Å². The van der Waals surface area contributed by atoms with Crippen molar-refractivity contribution in [3.05, 3.63) is 92.8 Å². The molecule has 0 aliphatic carbocycles. The van der Waals surface area contributed by atoms with E-state index >= 15 is 0 Å². The van der Waals surface area contributed by atoms with Crippen molar-refractivity contribution >= 4 is 17.4 Å². The number of nitrogens with zero attached hydrogens (tertiary/aromatic N) is 3. The van der Waals surface area contributed by atoms with Crippen molar-refractivity contribution in [2.75, 3.05) is 32.5 Å². The second kappa shape index (κ2) is 13.8. The van der Waals surface area contributed by atoms with Crippen LogP contribution >= 0.6 is 0 Å². The third kappa shape index (κ3) is 6.99. The molecule has 2 unspecified atom stereocenters. The van der Waals surface area contributed by atoms with Gasteiger partial charge in [0.05, 0.1) is 17.3 Å². The predicted molar refractivity (Wildman–Crippen MR) is 166 cm³/mol. The van der Waals surface area contributed by atoms with Gasteiger partial charge in [0.2, 0.25) is 0 Å². The Morgan fingerprint density at radius 1 is 1.20 bits per heavy atom. The van der Waals surface area contributed by atoms with Gasteiger partial charge in [-0.05, 0) is 101 Å². The van der Waals surface area contributed by atoms with E-state index in [1.165, 1.54) is 5.57 Å². The Balaban J connectivity index is 0.00000226. The molecule has 7 nitrogen and oxygen atoms in total.